The van der Waals surface area contributed by atoms with Gasteiger partial charge in [-0.2, -0.15) is 0 Å². The lowest BCUT2D eigenvalue weighted by Crippen LogP contribution is -2.57. The van der Waals surface area contributed by atoms with Crippen molar-refractivity contribution in [2.24, 2.45) is 0 Å². The Labute approximate surface area is 217 Å². The van der Waals surface area contributed by atoms with Gasteiger partial charge in [-0.25, -0.2) is 0 Å². The van der Waals surface area contributed by atoms with Gasteiger partial charge in [-0.15, -0.1) is 11.6 Å². The first-order valence-electron chi connectivity index (χ1n) is 12.0. The van der Waals surface area contributed by atoms with E-state index in [-0.39, 0.29) is 25.2 Å². The first kappa shape index (κ1) is 26.3. The first-order valence-corrected chi connectivity index (χ1v) is 12.6. The summed E-state index contributed by atoms with van der Waals surface area (Å²) in [6.07, 6.45) is -1.90. The van der Waals surface area contributed by atoms with E-state index in [2.05, 4.69) is 0 Å². The summed E-state index contributed by atoms with van der Waals surface area (Å²) in [7, 11) is 0. The van der Waals surface area contributed by atoms with Gasteiger partial charge in [0, 0.05) is 0 Å². The second-order valence-corrected chi connectivity index (χ2v) is 8.81. The summed E-state index contributed by atoms with van der Waals surface area (Å²) < 4.78 is 30.5. The minimum Gasteiger partial charge on any atom is -0.462 e. The quantitative estimate of drug-likeness (QED) is 0.254. The molecule has 0 amide bonds. The molecule has 6 nitrogen and oxygen atoms in total. The van der Waals surface area contributed by atoms with Crippen molar-refractivity contribution < 1.29 is 28.5 Å². The Morgan fingerprint density at radius 1 is 0.722 bits per heavy atom. The van der Waals surface area contributed by atoms with E-state index < -0.39 is 24.3 Å². The third-order valence-corrected chi connectivity index (χ3v) is 6.14. The Hall–Kier alpha value is -2.74. The fourth-order valence-electron chi connectivity index (χ4n) is 4.05. The smallest absolute Gasteiger partial charge is 0.320 e. The number of carbonyl (C=O) groups excluding carboxylic acids is 1. The summed E-state index contributed by atoms with van der Waals surface area (Å²) in [5.74, 6) is -0.731. The van der Waals surface area contributed by atoms with E-state index in [1.165, 1.54) is 0 Å². The van der Waals surface area contributed by atoms with Crippen LogP contribution >= 0.6 is 11.6 Å². The Morgan fingerprint density at radius 2 is 1.19 bits per heavy atom. The molecule has 4 rings (SSSR count). The maximum Gasteiger partial charge on any atom is 0.320 e. The molecule has 0 saturated carbocycles. The lowest BCUT2D eigenvalue weighted by atomic mass is 9.99. The van der Waals surface area contributed by atoms with Crippen molar-refractivity contribution in [3.05, 3.63) is 108 Å². The molecule has 0 unspecified atom stereocenters. The van der Waals surface area contributed by atoms with Gasteiger partial charge in [0.2, 0.25) is 0 Å². The number of hydrogen-bond donors (Lipinski definition) is 0. The van der Waals surface area contributed by atoms with E-state index in [4.69, 9.17) is 35.3 Å². The third-order valence-electron chi connectivity index (χ3n) is 5.93. The molecule has 1 fully saturated rings. The summed E-state index contributed by atoms with van der Waals surface area (Å²) in [4.78, 5) is 11.7. The number of ether oxygens (including phenoxy) is 5. The molecule has 1 saturated heterocycles. The summed E-state index contributed by atoms with van der Waals surface area (Å²) in [6.45, 7) is 1.45. The lowest BCUT2D eigenvalue weighted by molar-refractivity contribution is -0.245. The SMILES string of the molecule is O=C(CCl)OC[C@H]1OC[C@H](OCc2ccccc2)[C@@H](OCc2ccccc2)[C@@H]1OCc1ccccc1. The fraction of sp³-hybridized carbons (Fsp3) is 0.345. The Balaban J connectivity index is 1.52. The van der Waals surface area contributed by atoms with Crippen molar-refractivity contribution in [3.63, 3.8) is 0 Å². The molecule has 0 aliphatic carbocycles. The van der Waals surface area contributed by atoms with E-state index >= 15 is 0 Å². The molecule has 7 heteroatoms. The molecule has 1 aliphatic rings. The maximum atomic E-state index is 11.7. The van der Waals surface area contributed by atoms with Gasteiger partial charge in [0.15, 0.2) is 0 Å². The number of halogens is 1. The van der Waals surface area contributed by atoms with Gasteiger partial charge in [0.05, 0.1) is 26.4 Å². The van der Waals surface area contributed by atoms with Gasteiger partial charge < -0.3 is 23.7 Å². The highest BCUT2D eigenvalue weighted by atomic mass is 35.5. The van der Waals surface area contributed by atoms with E-state index in [1.807, 2.05) is 91.0 Å². The van der Waals surface area contributed by atoms with Crippen LogP contribution in [-0.2, 0) is 48.3 Å². The van der Waals surface area contributed by atoms with Crippen molar-refractivity contribution in [2.45, 2.75) is 44.2 Å². The van der Waals surface area contributed by atoms with Crippen molar-refractivity contribution in [3.8, 4) is 0 Å². The van der Waals surface area contributed by atoms with Gasteiger partial charge in [0.25, 0.3) is 0 Å². The second-order valence-electron chi connectivity index (χ2n) is 8.55. The topological polar surface area (TPSA) is 63.2 Å². The Kier molecular flexibility index (Phi) is 10.3. The van der Waals surface area contributed by atoms with Crippen molar-refractivity contribution in [1.29, 1.82) is 0 Å². The predicted molar refractivity (Wildman–Crippen MR) is 136 cm³/mol. The molecule has 0 aromatic heterocycles. The average molecular weight is 511 g/mol. The van der Waals surface area contributed by atoms with Crippen LogP contribution in [0.4, 0.5) is 0 Å². The third kappa shape index (κ3) is 7.88. The maximum absolute atomic E-state index is 11.7. The Morgan fingerprint density at radius 3 is 1.69 bits per heavy atom. The molecule has 1 heterocycles. The van der Waals surface area contributed by atoms with Crippen LogP contribution in [0.25, 0.3) is 0 Å². The van der Waals surface area contributed by atoms with Gasteiger partial charge in [-0.1, -0.05) is 91.0 Å². The van der Waals surface area contributed by atoms with Crippen molar-refractivity contribution in [2.75, 3.05) is 19.1 Å². The number of carbonyl (C=O) groups is 1. The first-order chi connectivity index (χ1) is 17.7. The van der Waals surface area contributed by atoms with Gasteiger partial charge in [0.1, 0.15) is 36.9 Å². The predicted octanol–water partition coefficient (Wildman–Crippen LogP) is 4.92. The minimum absolute atomic E-state index is 0.0155. The molecule has 0 bridgehead atoms. The average Bonchev–Trinajstić information content (AvgIpc) is 2.94. The van der Waals surface area contributed by atoms with Crippen LogP contribution in [0.2, 0.25) is 0 Å². The van der Waals surface area contributed by atoms with E-state index in [1.54, 1.807) is 0 Å². The van der Waals surface area contributed by atoms with Crippen LogP contribution in [0, 0.1) is 0 Å². The van der Waals surface area contributed by atoms with E-state index in [0.717, 1.165) is 16.7 Å². The van der Waals surface area contributed by atoms with Crippen molar-refractivity contribution >= 4 is 17.6 Å². The molecule has 1 aliphatic heterocycles. The van der Waals surface area contributed by atoms with Crippen LogP contribution in [-0.4, -0.2) is 49.5 Å². The number of benzene rings is 3. The zero-order valence-corrected chi connectivity index (χ0v) is 20.8. The van der Waals surface area contributed by atoms with Crippen molar-refractivity contribution in [1.82, 2.24) is 0 Å². The fourth-order valence-corrected chi connectivity index (χ4v) is 4.12. The molecule has 4 atom stereocenters. The summed E-state index contributed by atoms with van der Waals surface area (Å²) in [6, 6.07) is 29.8. The van der Waals surface area contributed by atoms with Gasteiger partial charge in [-0.3, -0.25) is 4.79 Å². The number of alkyl halides is 1. The Bertz CT molecular complexity index is 1030. The molecular weight excluding hydrogens is 480 g/mol. The van der Waals surface area contributed by atoms with Crippen LogP contribution in [0.3, 0.4) is 0 Å². The molecule has 3 aromatic rings. The summed E-state index contributed by atoms with van der Waals surface area (Å²) in [5, 5.41) is 0. The van der Waals surface area contributed by atoms with Gasteiger partial charge >= 0.3 is 5.97 Å². The highest BCUT2D eigenvalue weighted by molar-refractivity contribution is 6.26. The number of hydrogen-bond acceptors (Lipinski definition) is 6. The summed E-state index contributed by atoms with van der Waals surface area (Å²) in [5.41, 5.74) is 3.11. The van der Waals surface area contributed by atoms with Crippen LogP contribution in [0.1, 0.15) is 16.7 Å². The number of rotatable bonds is 12. The molecule has 190 valence electrons. The van der Waals surface area contributed by atoms with Crippen LogP contribution < -0.4 is 0 Å². The standard InChI is InChI=1S/C29H31ClO6/c30-16-27(31)34-21-26-29(36-19-24-14-8-3-9-15-24)28(35-18-23-12-6-2-7-13-23)25(20-33-26)32-17-22-10-4-1-5-11-22/h1-15,25-26,28-29H,16-21H2/t25-,26+,28+,29+/m0/s1. The molecule has 3 aromatic carbocycles. The normalized spacial score (nSPS) is 21.7. The molecular formula is C29H31ClO6. The van der Waals surface area contributed by atoms with Crippen LogP contribution in [0.15, 0.2) is 91.0 Å². The van der Waals surface area contributed by atoms with Gasteiger partial charge in [-0.05, 0) is 16.7 Å². The zero-order chi connectivity index (χ0) is 25.0. The van der Waals surface area contributed by atoms with Crippen LogP contribution in [0.5, 0.6) is 0 Å². The molecule has 0 N–H and O–H groups in total. The highest BCUT2D eigenvalue weighted by Crippen LogP contribution is 2.27. The van der Waals surface area contributed by atoms with E-state index in [0.29, 0.717) is 19.8 Å². The zero-order valence-electron chi connectivity index (χ0n) is 20.0. The molecule has 36 heavy (non-hydrogen) atoms. The second kappa shape index (κ2) is 14.1. The summed E-state index contributed by atoms with van der Waals surface area (Å²) >= 11 is 5.62. The molecule has 0 spiro atoms. The monoisotopic (exact) mass is 510 g/mol. The van der Waals surface area contributed by atoms with E-state index in [9.17, 15) is 4.79 Å². The highest BCUT2D eigenvalue weighted by Gasteiger charge is 2.43. The largest absolute Gasteiger partial charge is 0.462 e. The minimum atomic E-state index is -0.536. The molecule has 0 radical (unpaired) electrons. The lowest BCUT2D eigenvalue weighted by Gasteiger charge is -2.42. The number of esters is 1.